The Hall–Kier alpha value is -0.870. The SMILES string of the molecule is CC(C)COCCCn1cnc2c1CCNC2. The lowest BCUT2D eigenvalue weighted by Gasteiger charge is -2.15. The predicted molar refractivity (Wildman–Crippen MR) is 67.9 cm³/mol. The van der Waals surface area contributed by atoms with Gasteiger partial charge in [0.1, 0.15) is 0 Å². The minimum Gasteiger partial charge on any atom is -0.381 e. The highest BCUT2D eigenvalue weighted by Crippen LogP contribution is 2.12. The molecule has 0 saturated heterocycles. The molecule has 2 rings (SSSR count). The number of hydrogen-bond donors (Lipinski definition) is 1. The summed E-state index contributed by atoms with van der Waals surface area (Å²) in [6, 6.07) is 0. The maximum atomic E-state index is 5.59. The normalized spacial score (nSPS) is 15.2. The molecule has 0 saturated carbocycles. The molecule has 4 heteroatoms. The van der Waals surface area contributed by atoms with E-state index in [2.05, 4.69) is 28.7 Å². The van der Waals surface area contributed by atoms with E-state index in [-0.39, 0.29) is 0 Å². The minimum absolute atomic E-state index is 0.627. The zero-order valence-electron chi connectivity index (χ0n) is 10.9. The first-order chi connectivity index (χ1) is 8.27. The summed E-state index contributed by atoms with van der Waals surface area (Å²) in [5.41, 5.74) is 2.63. The molecule has 0 atom stereocenters. The zero-order valence-corrected chi connectivity index (χ0v) is 10.9. The summed E-state index contributed by atoms with van der Waals surface area (Å²) in [4.78, 5) is 4.44. The molecule has 0 aromatic carbocycles. The van der Waals surface area contributed by atoms with E-state index in [0.29, 0.717) is 5.92 Å². The van der Waals surface area contributed by atoms with Gasteiger partial charge in [-0.1, -0.05) is 13.8 Å². The maximum absolute atomic E-state index is 5.59. The van der Waals surface area contributed by atoms with Gasteiger partial charge in [-0.05, 0) is 12.3 Å². The monoisotopic (exact) mass is 237 g/mol. The summed E-state index contributed by atoms with van der Waals surface area (Å²) in [6.07, 6.45) is 4.14. The summed E-state index contributed by atoms with van der Waals surface area (Å²) in [6.45, 7) is 9.10. The Balaban J connectivity index is 1.74. The van der Waals surface area contributed by atoms with Crippen molar-refractivity contribution >= 4 is 0 Å². The highest BCUT2D eigenvalue weighted by atomic mass is 16.5. The molecule has 1 aromatic rings. The maximum Gasteiger partial charge on any atom is 0.0952 e. The molecule has 2 heterocycles. The Morgan fingerprint density at radius 3 is 3.24 bits per heavy atom. The van der Waals surface area contributed by atoms with E-state index in [4.69, 9.17) is 4.74 Å². The van der Waals surface area contributed by atoms with Crippen molar-refractivity contribution in [1.29, 1.82) is 0 Å². The second-order valence-electron chi connectivity index (χ2n) is 5.08. The van der Waals surface area contributed by atoms with Crippen LogP contribution in [0.2, 0.25) is 0 Å². The van der Waals surface area contributed by atoms with Gasteiger partial charge in [0.05, 0.1) is 12.0 Å². The number of rotatable bonds is 6. The number of nitrogens with one attached hydrogen (secondary N) is 1. The van der Waals surface area contributed by atoms with Crippen LogP contribution in [0, 0.1) is 5.92 Å². The van der Waals surface area contributed by atoms with E-state index in [1.165, 1.54) is 11.4 Å². The second-order valence-corrected chi connectivity index (χ2v) is 5.08. The fraction of sp³-hybridized carbons (Fsp3) is 0.769. The van der Waals surface area contributed by atoms with Gasteiger partial charge in [0.25, 0.3) is 0 Å². The Kier molecular flexibility index (Phi) is 4.57. The first kappa shape index (κ1) is 12.6. The van der Waals surface area contributed by atoms with E-state index in [1.54, 1.807) is 0 Å². The molecule has 0 unspecified atom stereocenters. The largest absolute Gasteiger partial charge is 0.381 e. The van der Waals surface area contributed by atoms with Crippen LogP contribution in [0.1, 0.15) is 31.7 Å². The topological polar surface area (TPSA) is 39.1 Å². The van der Waals surface area contributed by atoms with Crippen LogP contribution in [-0.4, -0.2) is 29.3 Å². The number of imidazole rings is 1. The molecule has 0 spiro atoms. The standard InChI is InChI=1S/C13H23N3O/c1-11(2)9-17-7-3-6-16-10-15-12-8-14-5-4-13(12)16/h10-11,14H,3-9H2,1-2H3. The molecule has 1 aliphatic rings. The molecular weight excluding hydrogens is 214 g/mol. The average Bonchev–Trinajstić information content (AvgIpc) is 2.72. The van der Waals surface area contributed by atoms with Crippen molar-refractivity contribution < 1.29 is 4.74 Å². The average molecular weight is 237 g/mol. The molecule has 96 valence electrons. The summed E-state index contributed by atoms with van der Waals surface area (Å²) >= 11 is 0. The van der Waals surface area contributed by atoms with Crippen molar-refractivity contribution in [2.24, 2.45) is 5.92 Å². The number of nitrogens with zero attached hydrogens (tertiary/aromatic N) is 2. The highest BCUT2D eigenvalue weighted by molar-refractivity contribution is 5.16. The Bertz CT molecular complexity index is 346. The Morgan fingerprint density at radius 1 is 1.53 bits per heavy atom. The second kappa shape index (κ2) is 6.17. The van der Waals surface area contributed by atoms with Crippen LogP contribution in [0.4, 0.5) is 0 Å². The third-order valence-corrected chi connectivity index (χ3v) is 3.00. The molecule has 17 heavy (non-hydrogen) atoms. The molecule has 0 radical (unpaired) electrons. The number of aromatic nitrogens is 2. The number of ether oxygens (including phenoxy) is 1. The van der Waals surface area contributed by atoms with Crippen molar-refractivity contribution in [3.05, 3.63) is 17.7 Å². The van der Waals surface area contributed by atoms with Crippen LogP contribution < -0.4 is 5.32 Å². The van der Waals surface area contributed by atoms with Gasteiger partial charge in [0, 0.05) is 45.0 Å². The van der Waals surface area contributed by atoms with Crippen LogP contribution in [0.25, 0.3) is 0 Å². The first-order valence-electron chi connectivity index (χ1n) is 6.58. The van der Waals surface area contributed by atoms with Gasteiger partial charge < -0.3 is 14.6 Å². The van der Waals surface area contributed by atoms with E-state index in [1.807, 2.05) is 6.33 Å². The molecule has 0 fully saturated rings. The predicted octanol–water partition coefficient (Wildman–Crippen LogP) is 1.59. The van der Waals surface area contributed by atoms with E-state index >= 15 is 0 Å². The van der Waals surface area contributed by atoms with E-state index < -0.39 is 0 Å². The summed E-state index contributed by atoms with van der Waals surface area (Å²) in [5.74, 6) is 0.627. The summed E-state index contributed by atoms with van der Waals surface area (Å²) in [5, 5.41) is 3.34. The van der Waals surface area contributed by atoms with Crippen molar-refractivity contribution in [1.82, 2.24) is 14.9 Å². The highest BCUT2D eigenvalue weighted by Gasteiger charge is 2.13. The van der Waals surface area contributed by atoms with Gasteiger partial charge in [-0.3, -0.25) is 0 Å². The van der Waals surface area contributed by atoms with E-state index in [9.17, 15) is 0 Å². The third kappa shape index (κ3) is 3.54. The summed E-state index contributed by atoms with van der Waals surface area (Å²) in [7, 11) is 0. The van der Waals surface area contributed by atoms with Gasteiger partial charge in [0.15, 0.2) is 0 Å². The number of aryl methyl sites for hydroxylation is 1. The van der Waals surface area contributed by atoms with Gasteiger partial charge in [-0.15, -0.1) is 0 Å². The smallest absolute Gasteiger partial charge is 0.0952 e. The van der Waals surface area contributed by atoms with Gasteiger partial charge in [0.2, 0.25) is 0 Å². The van der Waals surface area contributed by atoms with Crippen LogP contribution in [-0.2, 0) is 24.2 Å². The minimum atomic E-state index is 0.627. The van der Waals surface area contributed by atoms with Crippen molar-refractivity contribution in [2.45, 2.75) is 39.8 Å². The first-order valence-corrected chi connectivity index (χ1v) is 6.58. The van der Waals surface area contributed by atoms with Gasteiger partial charge >= 0.3 is 0 Å². The van der Waals surface area contributed by atoms with Crippen LogP contribution in [0.5, 0.6) is 0 Å². The quantitative estimate of drug-likeness (QED) is 0.764. The zero-order chi connectivity index (χ0) is 12.1. The van der Waals surface area contributed by atoms with Gasteiger partial charge in [-0.25, -0.2) is 4.98 Å². The molecule has 0 amide bonds. The molecule has 1 aliphatic heterocycles. The van der Waals surface area contributed by atoms with Crippen LogP contribution in [0.15, 0.2) is 6.33 Å². The molecule has 0 bridgehead atoms. The summed E-state index contributed by atoms with van der Waals surface area (Å²) < 4.78 is 7.88. The Labute approximate surface area is 103 Å². The van der Waals surface area contributed by atoms with Gasteiger partial charge in [-0.2, -0.15) is 0 Å². The fourth-order valence-electron chi connectivity index (χ4n) is 2.15. The molecule has 1 aromatic heterocycles. The number of fused-ring (bicyclic) bond motifs is 1. The van der Waals surface area contributed by atoms with Crippen molar-refractivity contribution in [3.63, 3.8) is 0 Å². The van der Waals surface area contributed by atoms with E-state index in [0.717, 1.165) is 45.7 Å². The number of hydrogen-bond acceptors (Lipinski definition) is 3. The molecule has 4 nitrogen and oxygen atoms in total. The molecular formula is C13H23N3O. The Morgan fingerprint density at radius 2 is 2.41 bits per heavy atom. The molecule has 0 aliphatic carbocycles. The lowest BCUT2D eigenvalue weighted by Crippen LogP contribution is -2.25. The van der Waals surface area contributed by atoms with Crippen LogP contribution in [0.3, 0.4) is 0 Å². The van der Waals surface area contributed by atoms with Crippen molar-refractivity contribution in [3.8, 4) is 0 Å². The van der Waals surface area contributed by atoms with Crippen LogP contribution >= 0.6 is 0 Å². The lowest BCUT2D eigenvalue weighted by molar-refractivity contribution is 0.105. The lowest BCUT2D eigenvalue weighted by atomic mass is 10.2. The third-order valence-electron chi connectivity index (χ3n) is 3.00. The molecule has 1 N–H and O–H groups in total. The fourth-order valence-corrected chi connectivity index (χ4v) is 2.15. The van der Waals surface area contributed by atoms with Crippen molar-refractivity contribution in [2.75, 3.05) is 19.8 Å².